The molecule has 0 bridgehead atoms. The number of alkyl halides is 11. The predicted octanol–water partition coefficient (Wildman–Crippen LogP) is 2.25. The summed E-state index contributed by atoms with van der Waals surface area (Å²) in [5, 5.41) is 0.447. The van der Waals surface area contributed by atoms with E-state index in [4.69, 9.17) is 4.74 Å². The summed E-state index contributed by atoms with van der Waals surface area (Å²) in [7, 11) is 0. The van der Waals surface area contributed by atoms with Gasteiger partial charge in [-0.1, -0.05) is 0 Å². The Morgan fingerprint density at radius 1 is 0.692 bits per heavy atom. The monoisotopic (exact) mass is 410 g/mol. The van der Waals surface area contributed by atoms with Crippen LogP contribution in [0.5, 0.6) is 0 Å². The average Bonchev–Trinajstić information content (AvgIpc) is 2.52. The number of morpholine rings is 1. The maximum absolute atomic E-state index is 14.3. The number of nitrogens with one attached hydrogen (secondary N) is 1. The summed E-state index contributed by atoms with van der Waals surface area (Å²) in [4.78, 5) is 11.6. The fourth-order valence-electron chi connectivity index (χ4n) is 2.40. The summed E-state index contributed by atoms with van der Waals surface area (Å²) in [5.41, 5.74) is -5.66. The molecule has 1 amide bonds. The van der Waals surface area contributed by atoms with Crippen molar-refractivity contribution in [1.29, 1.82) is 0 Å². The van der Waals surface area contributed by atoms with Crippen molar-refractivity contribution < 1.29 is 57.8 Å². The highest BCUT2D eigenvalue weighted by molar-refractivity contribution is 5.88. The van der Waals surface area contributed by atoms with Gasteiger partial charge in [-0.05, 0) is 0 Å². The molecular weight excluding hydrogens is 401 g/mol. The number of rotatable bonds is 2. The summed E-state index contributed by atoms with van der Waals surface area (Å²) >= 11 is 0. The molecule has 1 heterocycles. The number of carbonyl (C=O) groups excluding carboxylic acids is 1. The molecule has 1 N–H and O–H groups in total. The zero-order valence-corrected chi connectivity index (χ0v) is 12.2. The van der Waals surface area contributed by atoms with E-state index in [1.807, 2.05) is 0 Å². The van der Waals surface area contributed by atoms with Crippen molar-refractivity contribution in [3.63, 3.8) is 0 Å². The molecule has 0 aromatic heterocycles. The Balaban J connectivity index is 2.57. The number of nitrogens with zero attached hydrogens (tertiary/aromatic N) is 1. The van der Waals surface area contributed by atoms with Crippen LogP contribution in [0.15, 0.2) is 0 Å². The summed E-state index contributed by atoms with van der Waals surface area (Å²) < 4.78 is 153. The molecule has 1 saturated carbocycles. The first-order valence-corrected chi connectivity index (χ1v) is 6.72. The lowest BCUT2D eigenvalue weighted by Gasteiger charge is -2.51. The van der Waals surface area contributed by atoms with Crippen molar-refractivity contribution in [2.45, 2.75) is 35.3 Å². The number of hydrogen-bond acceptors (Lipinski definition) is 3. The highest BCUT2D eigenvalue weighted by Gasteiger charge is 3.02. The van der Waals surface area contributed by atoms with E-state index in [0.29, 0.717) is 5.01 Å². The average molecular weight is 410 g/mol. The van der Waals surface area contributed by atoms with Gasteiger partial charge in [-0.25, -0.2) is 9.40 Å². The van der Waals surface area contributed by atoms with Gasteiger partial charge in [0.2, 0.25) is 0 Å². The van der Waals surface area contributed by atoms with E-state index in [0.717, 1.165) is 5.43 Å². The number of hydrogen-bond donors (Lipinski definition) is 1. The second-order valence-electron chi connectivity index (χ2n) is 5.57. The molecule has 15 heteroatoms. The number of hydrazine groups is 1. The van der Waals surface area contributed by atoms with E-state index in [9.17, 15) is 53.1 Å². The molecule has 0 atom stereocenters. The standard InChI is InChI=1S/C11H9F11N2O2/c12-6(5(25)23-24-1-3-26-4-2-24)7(13,14)9(17,18)11(21,22)10(19,20)8(6,15)16/h1-4H2,(H,23,25). The van der Waals surface area contributed by atoms with Crippen LogP contribution in [0, 0.1) is 0 Å². The highest BCUT2D eigenvalue weighted by atomic mass is 19.4. The van der Waals surface area contributed by atoms with E-state index < -0.39 is 54.3 Å². The Labute approximate surface area is 137 Å². The van der Waals surface area contributed by atoms with Gasteiger partial charge in [-0.3, -0.25) is 10.2 Å². The topological polar surface area (TPSA) is 41.6 Å². The second kappa shape index (κ2) is 5.56. The molecule has 0 unspecified atom stereocenters. The van der Waals surface area contributed by atoms with Gasteiger partial charge >= 0.3 is 35.3 Å². The molecule has 152 valence electrons. The third kappa shape index (κ3) is 2.12. The molecule has 0 aromatic rings. The van der Waals surface area contributed by atoms with E-state index >= 15 is 0 Å². The van der Waals surface area contributed by atoms with Crippen molar-refractivity contribution in [2.24, 2.45) is 0 Å². The van der Waals surface area contributed by atoms with Gasteiger partial charge in [0.1, 0.15) is 0 Å². The number of ether oxygens (including phenoxy) is 1. The van der Waals surface area contributed by atoms with Gasteiger partial charge in [0.25, 0.3) is 5.91 Å². The molecule has 1 saturated heterocycles. The lowest BCUT2D eigenvalue weighted by atomic mass is 9.72. The van der Waals surface area contributed by atoms with Crippen molar-refractivity contribution in [3.05, 3.63) is 0 Å². The zero-order valence-electron chi connectivity index (χ0n) is 12.2. The van der Waals surface area contributed by atoms with Crippen LogP contribution >= 0.6 is 0 Å². The second-order valence-corrected chi connectivity index (χ2v) is 5.57. The van der Waals surface area contributed by atoms with Crippen LogP contribution in [0.2, 0.25) is 0 Å². The first-order chi connectivity index (χ1) is 11.5. The van der Waals surface area contributed by atoms with Crippen LogP contribution in [0.25, 0.3) is 0 Å². The van der Waals surface area contributed by atoms with Crippen LogP contribution < -0.4 is 5.43 Å². The quantitative estimate of drug-likeness (QED) is 0.711. The van der Waals surface area contributed by atoms with E-state index in [1.165, 1.54) is 0 Å². The number of halogens is 11. The number of carbonyl (C=O) groups is 1. The Kier molecular flexibility index (Phi) is 4.48. The molecule has 4 nitrogen and oxygen atoms in total. The zero-order chi connectivity index (χ0) is 20.4. The van der Waals surface area contributed by atoms with Gasteiger partial charge in [0.05, 0.1) is 13.2 Å². The third-order valence-electron chi connectivity index (χ3n) is 4.03. The van der Waals surface area contributed by atoms with Crippen molar-refractivity contribution in [3.8, 4) is 0 Å². The predicted molar refractivity (Wildman–Crippen MR) is 59.1 cm³/mol. The van der Waals surface area contributed by atoms with E-state index in [-0.39, 0.29) is 13.2 Å². The van der Waals surface area contributed by atoms with Crippen molar-refractivity contribution in [2.75, 3.05) is 26.3 Å². The SMILES string of the molecule is O=C(NN1CCOCC1)C1(F)C(F)(F)C(F)(F)C(F)(F)C(F)(F)C1(F)F. The van der Waals surface area contributed by atoms with Gasteiger partial charge < -0.3 is 4.74 Å². The molecule has 0 radical (unpaired) electrons. The summed E-state index contributed by atoms with van der Waals surface area (Å²) in [6.07, 6.45) is 0. The molecule has 0 aromatic carbocycles. The molecule has 2 fully saturated rings. The smallest absolute Gasteiger partial charge is 0.379 e. The van der Waals surface area contributed by atoms with Gasteiger partial charge in [0, 0.05) is 13.1 Å². The van der Waals surface area contributed by atoms with Gasteiger partial charge in [-0.2, -0.15) is 43.9 Å². The third-order valence-corrected chi connectivity index (χ3v) is 4.03. The fourth-order valence-corrected chi connectivity index (χ4v) is 2.40. The lowest BCUT2D eigenvalue weighted by Crippen LogP contribution is -2.86. The van der Waals surface area contributed by atoms with Gasteiger partial charge in [0.15, 0.2) is 0 Å². The normalized spacial score (nSPS) is 31.2. The van der Waals surface area contributed by atoms with Crippen LogP contribution in [0.3, 0.4) is 0 Å². The van der Waals surface area contributed by atoms with Crippen LogP contribution in [-0.4, -0.2) is 72.5 Å². The molecule has 2 rings (SSSR count). The Morgan fingerprint density at radius 3 is 1.42 bits per heavy atom. The maximum Gasteiger partial charge on any atom is 0.384 e. The van der Waals surface area contributed by atoms with Gasteiger partial charge in [-0.15, -0.1) is 0 Å². The van der Waals surface area contributed by atoms with E-state index in [2.05, 4.69) is 0 Å². The summed E-state index contributed by atoms with van der Waals surface area (Å²) in [6.45, 7) is -1.34. The van der Waals surface area contributed by atoms with Crippen LogP contribution in [0.4, 0.5) is 48.3 Å². The minimum absolute atomic E-state index is 0.239. The number of amides is 1. The lowest BCUT2D eigenvalue weighted by molar-refractivity contribution is -0.476. The fraction of sp³-hybridized carbons (Fsp3) is 0.909. The van der Waals surface area contributed by atoms with E-state index in [1.54, 1.807) is 0 Å². The molecule has 0 spiro atoms. The molecule has 1 aliphatic heterocycles. The van der Waals surface area contributed by atoms with Crippen LogP contribution in [0.1, 0.15) is 0 Å². The summed E-state index contributed by atoms with van der Waals surface area (Å²) in [6, 6.07) is 0. The minimum atomic E-state index is -7.35. The largest absolute Gasteiger partial charge is 0.384 e. The first-order valence-electron chi connectivity index (χ1n) is 6.72. The Bertz CT molecular complexity index is 559. The molecule has 2 aliphatic rings. The minimum Gasteiger partial charge on any atom is -0.379 e. The Morgan fingerprint density at radius 2 is 1.04 bits per heavy atom. The molecule has 1 aliphatic carbocycles. The van der Waals surface area contributed by atoms with Crippen molar-refractivity contribution >= 4 is 5.91 Å². The van der Waals surface area contributed by atoms with Crippen LogP contribution in [-0.2, 0) is 9.53 Å². The first kappa shape index (κ1) is 20.9. The maximum atomic E-state index is 14.3. The summed E-state index contributed by atoms with van der Waals surface area (Å²) in [5.74, 6) is -39.6. The Hall–Kier alpha value is -1.38. The highest BCUT2D eigenvalue weighted by Crippen LogP contribution is 2.69. The molecule has 26 heavy (non-hydrogen) atoms. The molecular formula is C11H9F11N2O2. The van der Waals surface area contributed by atoms with Crippen molar-refractivity contribution in [1.82, 2.24) is 10.4 Å².